The summed E-state index contributed by atoms with van der Waals surface area (Å²) in [6.45, 7) is 6.55. The van der Waals surface area contributed by atoms with E-state index in [0.717, 1.165) is 18.8 Å². The summed E-state index contributed by atoms with van der Waals surface area (Å²) in [5.74, 6) is 0.735. The maximum Gasteiger partial charge on any atom is 0.213 e. The van der Waals surface area contributed by atoms with Crippen LogP contribution in [-0.2, 0) is 6.42 Å². The van der Waals surface area contributed by atoms with Crippen LogP contribution in [0.1, 0.15) is 12.7 Å². The third-order valence-corrected chi connectivity index (χ3v) is 1.58. The smallest absolute Gasteiger partial charge is 0.213 e. The first-order chi connectivity index (χ1) is 5.83. The van der Waals surface area contributed by atoms with Crippen molar-refractivity contribution >= 4 is 0 Å². The van der Waals surface area contributed by atoms with Crippen LogP contribution < -0.4 is 5.32 Å². The molecule has 12 heavy (non-hydrogen) atoms. The van der Waals surface area contributed by atoms with Gasteiger partial charge in [0.1, 0.15) is 0 Å². The summed E-state index contributed by atoms with van der Waals surface area (Å²) < 4.78 is 4.59. The van der Waals surface area contributed by atoms with Crippen molar-refractivity contribution in [3.05, 3.63) is 24.9 Å². The van der Waals surface area contributed by atoms with Gasteiger partial charge in [-0.2, -0.15) is 4.98 Å². The molecule has 66 valence electrons. The fraction of sp³-hybridized carbons (Fsp3) is 0.500. The fourth-order valence-corrected chi connectivity index (χ4v) is 0.798. The van der Waals surface area contributed by atoms with Crippen molar-refractivity contribution < 1.29 is 4.52 Å². The molecule has 0 spiro atoms. The van der Waals surface area contributed by atoms with Crippen molar-refractivity contribution in [2.24, 2.45) is 0 Å². The lowest BCUT2D eigenvalue weighted by Gasteiger charge is -2.06. The van der Waals surface area contributed by atoms with E-state index in [1.54, 1.807) is 0 Å². The van der Waals surface area contributed by atoms with Gasteiger partial charge in [0.2, 0.25) is 6.39 Å². The van der Waals surface area contributed by atoms with E-state index in [2.05, 4.69) is 26.6 Å². The largest absolute Gasteiger partial charge is 0.343 e. The lowest BCUT2D eigenvalue weighted by Crippen LogP contribution is -2.26. The number of rotatable bonds is 5. The maximum absolute atomic E-state index is 4.59. The molecule has 0 saturated heterocycles. The minimum atomic E-state index is 0.330. The molecule has 1 N–H and O–H groups in total. The number of aromatic nitrogens is 2. The molecule has 4 heteroatoms. The maximum atomic E-state index is 4.59. The molecule has 4 nitrogen and oxygen atoms in total. The summed E-state index contributed by atoms with van der Waals surface area (Å²) in [5.41, 5.74) is 0. The Labute approximate surface area is 71.7 Å². The molecule has 0 aromatic carbocycles. The molecule has 1 unspecified atom stereocenters. The normalized spacial score (nSPS) is 12.8. The van der Waals surface area contributed by atoms with E-state index in [4.69, 9.17) is 0 Å². The van der Waals surface area contributed by atoms with Gasteiger partial charge in [0.15, 0.2) is 5.82 Å². The van der Waals surface area contributed by atoms with Crippen molar-refractivity contribution in [1.29, 1.82) is 0 Å². The van der Waals surface area contributed by atoms with Crippen molar-refractivity contribution in [2.75, 3.05) is 6.54 Å². The molecule has 0 saturated carbocycles. The van der Waals surface area contributed by atoms with Crippen LogP contribution in [0.15, 0.2) is 23.6 Å². The highest BCUT2D eigenvalue weighted by Crippen LogP contribution is 1.89. The first-order valence-corrected chi connectivity index (χ1v) is 3.94. The fourth-order valence-electron chi connectivity index (χ4n) is 0.798. The average Bonchev–Trinajstić information content (AvgIpc) is 2.57. The molecule has 0 radical (unpaired) electrons. The van der Waals surface area contributed by atoms with Gasteiger partial charge in [-0.05, 0) is 6.92 Å². The van der Waals surface area contributed by atoms with Crippen LogP contribution in [-0.4, -0.2) is 22.7 Å². The van der Waals surface area contributed by atoms with E-state index in [-0.39, 0.29) is 0 Å². The first kappa shape index (κ1) is 8.93. The molecule has 1 aromatic heterocycles. The summed E-state index contributed by atoms with van der Waals surface area (Å²) >= 11 is 0. The Morgan fingerprint density at radius 2 is 2.67 bits per heavy atom. The highest BCUT2D eigenvalue weighted by Gasteiger charge is 1.98. The van der Waals surface area contributed by atoms with Gasteiger partial charge in [0.05, 0.1) is 0 Å². The van der Waals surface area contributed by atoms with Crippen molar-refractivity contribution in [2.45, 2.75) is 19.4 Å². The number of hydrogen-bond acceptors (Lipinski definition) is 4. The Morgan fingerprint density at radius 3 is 3.25 bits per heavy atom. The van der Waals surface area contributed by atoms with E-state index < -0.39 is 0 Å². The van der Waals surface area contributed by atoms with Crippen LogP contribution in [0, 0.1) is 0 Å². The van der Waals surface area contributed by atoms with Gasteiger partial charge in [-0.3, -0.25) is 0 Å². The summed E-state index contributed by atoms with van der Waals surface area (Å²) in [6, 6.07) is 0.330. The van der Waals surface area contributed by atoms with Crippen molar-refractivity contribution in [3.63, 3.8) is 0 Å². The second-order valence-electron chi connectivity index (χ2n) is 2.58. The number of hydrogen-bond donors (Lipinski definition) is 1. The molecule has 0 aliphatic rings. The molecule has 1 heterocycles. The average molecular weight is 167 g/mol. The molecule has 0 aliphatic heterocycles. The second-order valence-corrected chi connectivity index (χ2v) is 2.58. The monoisotopic (exact) mass is 167 g/mol. The zero-order chi connectivity index (χ0) is 8.81. The second kappa shape index (κ2) is 4.66. The Morgan fingerprint density at radius 1 is 1.83 bits per heavy atom. The predicted octanol–water partition coefficient (Wildman–Crippen LogP) is 0.776. The van der Waals surface area contributed by atoms with Crippen LogP contribution in [0.25, 0.3) is 0 Å². The molecule has 1 atom stereocenters. The van der Waals surface area contributed by atoms with E-state index in [1.165, 1.54) is 6.39 Å². The lowest BCUT2D eigenvalue weighted by molar-refractivity contribution is 0.409. The quantitative estimate of drug-likeness (QED) is 0.658. The molecule has 1 aromatic rings. The SMILES string of the molecule is C=CC(C)NCCc1ncon1. The molecule has 0 amide bonds. The van der Waals surface area contributed by atoms with Gasteiger partial charge < -0.3 is 9.84 Å². The van der Waals surface area contributed by atoms with Crippen LogP contribution >= 0.6 is 0 Å². The molecular formula is C8H13N3O. The van der Waals surface area contributed by atoms with Crippen LogP contribution in [0.3, 0.4) is 0 Å². The van der Waals surface area contributed by atoms with Gasteiger partial charge in [-0.15, -0.1) is 6.58 Å². The number of nitrogens with zero attached hydrogens (tertiary/aromatic N) is 2. The van der Waals surface area contributed by atoms with E-state index in [9.17, 15) is 0 Å². The van der Waals surface area contributed by atoms with Gasteiger partial charge in [0, 0.05) is 19.0 Å². The molecule has 0 aliphatic carbocycles. The van der Waals surface area contributed by atoms with E-state index in [1.807, 2.05) is 13.0 Å². The highest BCUT2D eigenvalue weighted by molar-refractivity contribution is 4.84. The summed E-state index contributed by atoms with van der Waals surface area (Å²) in [4.78, 5) is 3.90. The van der Waals surface area contributed by atoms with Gasteiger partial charge in [-0.1, -0.05) is 11.2 Å². The van der Waals surface area contributed by atoms with Crippen LogP contribution in [0.2, 0.25) is 0 Å². The zero-order valence-electron chi connectivity index (χ0n) is 7.16. The predicted molar refractivity (Wildman–Crippen MR) is 45.7 cm³/mol. The molecular weight excluding hydrogens is 154 g/mol. The summed E-state index contributed by atoms with van der Waals surface area (Å²) in [7, 11) is 0. The number of nitrogens with one attached hydrogen (secondary N) is 1. The topological polar surface area (TPSA) is 51.0 Å². The minimum absolute atomic E-state index is 0.330. The van der Waals surface area contributed by atoms with Gasteiger partial charge in [0.25, 0.3) is 0 Å². The standard InChI is InChI=1S/C8H13N3O/c1-3-7(2)9-5-4-8-10-6-12-11-8/h3,6-7,9H,1,4-5H2,2H3. The van der Waals surface area contributed by atoms with Crippen molar-refractivity contribution in [1.82, 2.24) is 15.5 Å². The Balaban J connectivity index is 2.15. The summed E-state index contributed by atoms with van der Waals surface area (Å²) in [5, 5.41) is 6.92. The summed E-state index contributed by atoms with van der Waals surface area (Å²) in [6.07, 6.45) is 3.98. The van der Waals surface area contributed by atoms with Crippen LogP contribution in [0.5, 0.6) is 0 Å². The minimum Gasteiger partial charge on any atom is -0.343 e. The third kappa shape index (κ3) is 2.84. The lowest BCUT2D eigenvalue weighted by atomic mass is 10.3. The molecule has 0 bridgehead atoms. The van der Waals surface area contributed by atoms with E-state index >= 15 is 0 Å². The molecule has 1 rings (SSSR count). The third-order valence-electron chi connectivity index (χ3n) is 1.58. The molecule has 0 fully saturated rings. The van der Waals surface area contributed by atoms with E-state index in [0.29, 0.717) is 6.04 Å². The first-order valence-electron chi connectivity index (χ1n) is 3.94. The highest BCUT2D eigenvalue weighted by atomic mass is 16.5. The van der Waals surface area contributed by atoms with Crippen LogP contribution in [0.4, 0.5) is 0 Å². The Bertz CT molecular complexity index is 220. The Kier molecular flexibility index (Phi) is 3.47. The van der Waals surface area contributed by atoms with Gasteiger partial charge in [-0.25, -0.2) is 0 Å². The van der Waals surface area contributed by atoms with Gasteiger partial charge >= 0.3 is 0 Å². The van der Waals surface area contributed by atoms with Crippen molar-refractivity contribution in [3.8, 4) is 0 Å². The Hall–Kier alpha value is -1.16. The zero-order valence-corrected chi connectivity index (χ0v) is 7.16.